The van der Waals surface area contributed by atoms with Gasteiger partial charge in [-0.15, -0.1) is 11.3 Å². The molecule has 1 N–H and O–H groups in total. The lowest BCUT2D eigenvalue weighted by Gasteiger charge is -2.14. The van der Waals surface area contributed by atoms with Gasteiger partial charge in [-0.2, -0.15) is 11.3 Å². The number of carbonyl (C=O) groups excluding carboxylic acids is 1. The van der Waals surface area contributed by atoms with Crippen molar-refractivity contribution >= 4 is 28.6 Å². The molecule has 2 aromatic heterocycles. The van der Waals surface area contributed by atoms with Gasteiger partial charge in [0.1, 0.15) is 15.6 Å². The van der Waals surface area contributed by atoms with Gasteiger partial charge in [0.2, 0.25) is 0 Å². The fourth-order valence-electron chi connectivity index (χ4n) is 2.60. The molecule has 8 heteroatoms. The van der Waals surface area contributed by atoms with E-state index in [4.69, 9.17) is 14.2 Å². The molecular formula is C19H20N2O4S2. The molecule has 0 aliphatic rings. The van der Waals surface area contributed by atoms with E-state index < -0.39 is 0 Å². The maximum atomic E-state index is 12.7. The minimum absolute atomic E-state index is 0.164. The lowest BCUT2D eigenvalue weighted by atomic mass is 10.1. The Kier molecular flexibility index (Phi) is 5.98. The second-order valence-corrected chi connectivity index (χ2v) is 7.43. The molecule has 3 aromatic rings. The van der Waals surface area contributed by atoms with Crippen molar-refractivity contribution in [1.29, 1.82) is 0 Å². The standard InChI is InChI=1S/C19H20N2O4S2/c1-11-17(27-19(21-11)12-5-6-26-10-12)18(22)20-9-13-7-15(24-3)16(25-4)8-14(13)23-2/h5-8,10H,9H2,1-4H3,(H,20,22). The highest BCUT2D eigenvalue weighted by molar-refractivity contribution is 7.17. The Morgan fingerprint density at radius 2 is 1.81 bits per heavy atom. The monoisotopic (exact) mass is 404 g/mol. The third-order valence-electron chi connectivity index (χ3n) is 4.00. The molecule has 0 saturated heterocycles. The summed E-state index contributed by atoms with van der Waals surface area (Å²) in [6, 6.07) is 5.54. The summed E-state index contributed by atoms with van der Waals surface area (Å²) in [6.07, 6.45) is 0. The molecule has 0 spiro atoms. The molecule has 0 saturated carbocycles. The lowest BCUT2D eigenvalue weighted by Crippen LogP contribution is -2.23. The summed E-state index contributed by atoms with van der Waals surface area (Å²) in [5.74, 6) is 1.61. The van der Waals surface area contributed by atoms with E-state index in [1.165, 1.54) is 11.3 Å². The maximum Gasteiger partial charge on any atom is 0.263 e. The molecule has 2 heterocycles. The van der Waals surface area contributed by atoms with Crippen LogP contribution < -0.4 is 19.5 Å². The fraction of sp³-hybridized carbons (Fsp3) is 0.263. The van der Waals surface area contributed by atoms with Crippen molar-refractivity contribution in [2.75, 3.05) is 21.3 Å². The van der Waals surface area contributed by atoms with Crippen molar-refractivity contribution < 1.29 is 19.0 Å². The molecule has 142 valence electrons. The number of nitrogens with zero attached hydrogens (tertiary/aromatic N) is 1. The molecule has 1 amide bonds. The third kappa shape index (κ3) is 4.06. The Balaban J connectivity index is 1.78. The van der Waals surface area contributed by atoms with E-state index in [1.807, 2.05) is 23.8 Å². The molecule has 3 rings (SSSR count). The Hall–Kier alpha value is -2.58. The smallest absolute Gasteiger partial charge is 0.263 e. The van der Waals surface area contributed by atoms with E-state index in [2.05, 4.69) is 10.3 Å². The molecule has 0 unspecified atom stereocenters. The third-order valence-corrected chi connectivity index (χ3v) is 5.89. The van der Waals surface area contributed by atoms with Gasteiger partial charge < -0.3 is 19.5 Å². The molecule has 27 heavy (non-hydrogen) atoms. The Morgan fingerprint density at radius 3 is 2.44 bits per heavy atom. The second kappa shape index (κ2) is 8.41. The Bertz CT molecular complexity index is 936. The predicted molar refractivity (Wildman–Crippen MR) is 107 cm³/mol. The van der Waals surface area contributed by atoms with Crippen molar-refractivity contribution in [1.82, 2.24) is 10.3 Å². The van der Waals surface area contributed by atoms with Gasteiger partial charge in [0.05, 0.1) is 27.0 Å². The fourth-order valence-corrected chi connectivity index (χ4v) is 4.30. The number of hydrogen-bond donors (Lipinski definition) is 1. The van der Waals surface area contributed by atoms with Crippen LogP contribution in [0.3, 0.4) is 0 Å². The highest BCUT2D eigenvalue weighted by atomic mass is 32.1. The van der Waals surface area contributed by atoms with Gasteiger partial charge in [0.25, 0.3) is 5.91 Å². The van der Waals surface area contributed by atoms with Gasteiger partial charge in [0.15, 0.2) is 11.5 Å². The number of aromatic nitrogens is 1. The van der Waals surface area contributed by atoms with Crippen LogP contribution in [0.2, 0.25) is 0 Å². The summed E-state index contributed by atoms with van der Waals surface area (Å²) in [5, 5.41) is 7.80. The summed E-state index contributed by atoms with van der Waals surface area (Å²) in [4.78, 5) is 17.8. The molecule has 1 aromatic carbocycles. The van der Waals surface area contributed by atoms with E-state index in [9.17, 15) is 4.79 Å². The number of thiophene rings is 1. The minimum Gasteiger partial charge on any atom is -0.496 e. The summed E-state index contributed by atoms with van der Waals surface area (Å²) in [5.41, 5.74) is 2.55. The van der Waals surface area contributed by atoms with Gasteiger partial charge in [-0.1, -0.05) is 0 Å². The highest BCUT2D eigenvalue weighted by Gasteiger charge is 2.18. The first-order valence-corrected chi connectivity index (χ1v) is 9.90. The van der Waals surface area contributed by atoms with Crippen LogP contribution >= 0.6 is 22.7 Å². The average Bonchev–Trinajstić information content (AvgIpc) is 3.34. The van der Waals surface area contributed by atoms with Gasteiger partial charge in [-0.05, 0) is 24.4 Å². The summed E-state index contributed by atoms with van der Waals surface area (Å²) >= 11 is 3.00. The normalized spacial score (nSPS) is 10.5. The van der Waals surface area contributed by atoms with Gasteiger partial charge in [-0.3, -0.25) is 4.79 Å². The molecule has 0 fully saturated rings. The number of ether oxygens (including phenoxy) is 3. The number of thiazole rings is 1. The summed E-state index contributed by atoms with van der Waals surface area (Å²) in [7, 11) is 4.71. The quantitative estimate of drug-likeness (QED) is 0.641. The maximum absolute atomic E-state index is 12.7. The summed E-state index contributed by atoms with van der Waals surface area (Å²) < 4.78 is 16.0. The van der Waals surface area contributed by atoms with Gasteiger partial charge in [-0.25, -0.2) is 4.98 Å². The van der Waals surface area contributed by atoms with Crippen LogP contribution in [0.1, 0.15) is 20.9 Å². The summed E-state index contributed by atoms with van der Waals surface area (Å²) in [6.45, 7) is 2.14. The van der Waals surface area contributed by atoms with Crippen LogP contribution in [0.5, 0.6) is 17.2 Å². The van der Waals surface area contributed by atoms with Gasteiger partial charge >= 0.3 is 0 Å². The molecule has 0 radical (unpaired) electrons. The first kappa shape index (κ1) is 19.2. The highest BCUT2D eigenvalue weighted by Crippen LogP contribution is 2.35. The Morgan fingerprint density at radius 1 is 1.11 bits per heavy atom. The first-order chi connectivity index (χ1) is 13.1. The van der Waals surface area contributed by atoms with Crippen LogP contribution in [-0.2, 0) is 6.54 Å². The lowest BCUT2D eigenvalue weighted by molar-refractivity contribution is 0.0954. The number of carbonyl (C=O) groups is 1. The molecule has 0 bridgehead atoms. The number of methoxy groups -OCH3 is 3. The number of nitrogens with one attached hydrogen (secondary N) is 1. The average molecular weight is 405 g/mol. The second-order valence-electron chi connectivity index (χ2n) is 5.65. The van der Waals surface area contributed by atoms with Crippen LogP contribution in [0, 0.1) is 6.92 Å². The molecular weight excluding hydrogens is 384 g/mol. The zero-order valence-corrected chi connectivity index (χ0v) is 17.1. The number of rotatable bonds is 7. The van der Waals surface area contributed by atoms with Crippen LogP contribution in [-0.4, -0.2) is 32.2 Å². The predicted octanol–water partition coefficient (Wildman–Crippen LogP) is 4.14. The number of amides is 1. The molecule has 0 aliphatic heterocycles. The van der Waals surface area contributed by atoms with E-state index in [0.29, 0.717) is 28.7 Å². The van der Waals surface area contributed by atoms with Crippen LogP contribution in [0.25, 0.3) is 10.6 Å². The van der Waals surface area contributed by atoms with Crippen molar-refractivity contribution in [3.8, 4) is 27.8 Å². The largest absolute Gasteiger partial charge is 0.496 e. The number of hydrogen-bond acceptors (Lipinski definition) is 7. The van der Waals surface area contributed by atoms with E-state index in [0.717, 1.165) is 21.8 Å². The SMILES string of the molecule is COc1cc(OC)c(OC)cc1CNC(=O)c1sc(-c2ccsc2)nc1C. The van der Waals surface area contributed by atoms with Crippen molar-refractivity contribution in [3.63, 3.8) is 0 Å². The Labute approximate surface area is 165 Å². The van der Waals surface area contributed by atoms with E-state index in [1.54, 1.807) is 44.8 Å². The zero-order chi connectivity index (χ0) is 19.4. The number of benzene rings is 1. The van der Waals surface area contributed by atoms with E-state index >= 15 is 0 Å². The topological polar surface area (TPSA) is 69.7 Å². The minimum atomic E-state index is -0.164. The van der Waals surface area contributed by atoms with Crippen molar-refractivity contribution in [2.45, 2.75) is 13.5 Å². The van der Waals surface area contributed by atoms with Crippen molar-refractivity contribution in [3.05, 3.63) is 45.1 Å². The molecule has 6 nitrogen and oxygen atoms in total. The van der Waals surface area contributed by atoms with Gasteiger partial charge in [0, 0.05) is 29.1 Å². The van der Waals surface area contributed by atoms with Crippen LogP contribution in [0.4, 0.5) is 0 Å². The van der Waals surface area contributed by atoms with E-state index in [-0.39, 0.29) is 5.91 Å². The number of aryl methyl sites for hydroxylation is 1. The zero-order valence-electron chi connectivity index (χ0n) is 15.5. The molecule has 0 atom stereocenters. The molecule has 0 aliphatic carbocycles. The first-order valence-electron chi connectivity index (χ1n) is 8.14. The van der Waals surface area contributed by atoms with Crippen LogP contribution in [0.15, 0.2) is 29.0 Å². The van der Waals surface area contributed by atoms with Crippen molar-refractivity contribution in [2.24, 2.45) is 0 Å².